The molecule has 134 valence electrons. The number of para-hydroxylation sites is 2. The molecule has 0 atom stereocenters. The van der Waals surface area contributed by atoms with Gasteiger partial charge in [-0.05, 0) is 36.4 Å². The van der Waals surface area contributed by atoms with Gasteiger partial charge in [0.05, 0.1) is 11.3 Å². The van der Waals surface area contributed by atoms with E-state index < -0.39 is 17.6 Å². The third kappa shape index (κ3) is 4.24. The minimum Gasteiger partial charge on any atom is -0.486 e. The maximum absolute atomic E-state index is 13.0. The van der Waals surface area contributed by atoms with E-state index in [1.165, 1.54) is 30.3 Å². The van der Waals surface area contributed by atoms with Crippen molar-refractivity contribution in [3.63, 3.8) is 0 Å². The van der Waals surface area contributed by atoms with Crippen molar-refractivity contribution in [1.29, 1.82) is 0 Å². The number of benzene rings is 2. The third-order valence-electron chi connectivity index (χ3n) is 3.49. The summed E-state index contributed by atoms with van der Waals surface area (Å²) < 4.78 is 49.8. The minimum atomic E-state index is -4.57. The Morgan fingerprint density at radius 2 is 1.65 bits per heavy atom. The van der Waals surface area contributed by atoms with Gasteiger partial charge in [-0.25, -0.2) is 0 Å². The fourth-order valence-corrected chi connectivity index (χ4v) is 2.27. The number of rotatable bonds is 5. The molecule has 4 nitrogen and oxygen atoms in total. The molecule has 0 saturated heterocycles. The molecule has 0 fully saturated rings. The van der Waals surface area contributed by atoms with E-state index in [0.717, 1.165) is 6.07 Å². The lowest BCUT2D eigenvalue weighted by Crippen LogP contribution is -2.16. The van der Waals surface area contributed by atoms with E-state index in [2.05, 4.69) is 5.32 Å². The van der Waals surface area contributed by atoms with Gasteiger partial charge in [0.1, 0.15) is 18.1 Å². The minimum absolute atomic E-state index is 0.0937. The number of anilines is 1. The van der Waals surface area contributed by atoms with Crippen LogP contribution in [0.3, 0.4) is 0 Å². The standard InChI is InChI=1S/C19H14F3NO3/c20-19(21,22)15-8-4-5-9-16(15)23-18(24)17-11-10-14(26-17)12-25-13-6-2-1-3-7-13/h1-11H,12H2,(H,23,24). The molecule has 0 unspecified atom stereocenters. The van der Waals surface area contributed by atoms with Gasteiger partial charge in [0, 0.05) is 0 Å². The smallest absolute Gasteiger partial charge is 0.418 e. The molecule has 0 aliphatic rings. The molecule has 3 rings (SSSR count). The quantitative estimate of drug-likeness (QED) is 0.685. The highest BCUT2D eigenvalue weighted by Crippen LogP contribution is 2.34. The van der Waals surface area contributed by atoms with E-state index >= 15 is 0 Å². The summed E-state index contributed by atoms with van der Waals surface area (Å²) in [7, 11) is 0. The van der Waals surface area contributed by atoms with E-state index in [1.54, 1.807) is 12.1 Å². The molecule has 0 spiro atoms. The number of hydrogen-bond acceptors (Lipinski definition) is 3. The summed E-state index contributed by atoms with van der Waals surface area (Å²) in [5, 5.41) is 2.23. The van der Waals surface area contributed by atoms with Crippen molar-refractivity contribution < 1.29 is 27.1 Å². The first-order valence-electron chi connectivity index (χ1n) is 7.67. The van der Waals surface area contributed by atoms with Crippen molar-refractivity contribution in [3.8, 4) is 5.75 Å². The van der Waals surface area contributed by atoms with Gasteiger partial charge >= 0.3 is 6.18 Å². The number of carbonyl (C=O) groups is 1. The molecule has 1 amide bonds. The zero-order chi connectivity index (χ0) is 18.6. The van der Waals surface area contributed by atoms with Crippen LogP contribution >= 0.6 is 0 Å². The molecule has 0 bridgehead atoms. The highest BCUT2D eigenvalue weighted by atomic mass is 19.4. The SMILES string of the molecule is O=C(Nc1ccccc1C(F)(F)F)c1ccc(COc2ccccc2)o1. The van der Waals surface area contributed by atoms with Crippen molar-refractivity contribution >= 4 is 11.6 Å². The van der Waals surface area contributed by atoms with E-state index in [1.807, 2.05) is 18.2 Å². The molecule has 2 aromatic carbocycles. The topological polar surface area (TPSA) is 51.5 Å². The second kappa shape index (κ2) is 7.35. The summed E-state index contributed by atoms with van der Waals surface area (Å²) in [5.74, 6) is 0.137. The lowest BCUT2D eigenvalue weighted by molar-refractivity contribution is -0.136. The predicted octanol–water partition coefficient (Wildman–Crippen LogP) is 5.13. The molecule has 0 aliphatic carbocycles. The zero-order valence-corrected chi connectivity index (χ0v) is 13.4. The lowest BCUT2D eigenvalue weighted by Gasteiger charge is -2.12. The Morgan fingerprint density at radius 1 is 0.962 bits per heavy atom. The van der Waals surface area contributed by atoms with Crippen molar-refractivity contribution in [2.75, 3.05) is 5.32 Å². The Hall–Kier alpha value is -3.22. The zero-order valence-electron chi connectivity index (χ0n) is 13.4. The number of nitrogens with one attached hydrogen (secondary N) is 1. The molecule has 1 N–H and O–H groups in total. The average Bonchev–Trinajstić information content (AvgIpc) is 3.10. The van der Waals surface area contributed by atoms with Gasteiger partial charge in [-0.2, -0.15) is 13.2 Å². The van der Waals surface area contributed by atoms with Gasteiger partial charge in [-0.3, -0.25) is 4.79 Å². The third-order valence-corrected chi connectivity index (χ3v) is 3.49. The van der Waals surface area contributed by atoms with E-state index in [0.29, 0.717) is 11.5 Å². The first kappa shape index (κ1) is 17.6. The van der Waals surface area contributed by atoms with E-state index in [9.17, 15) is 18.0 Å². The van der Waals surface area contributed by atoms with Crippen LogP contribution in [-0.4, -0.2) is 5.91 Å². The molecule has 3 aromatic rings. The van der Waals surface area contributed by atoms with Crippen LogP contribution in [-0.2, 0) is 12.8 Å². The van der Waals surface area contributed by atoms with Gasteiger partial charge in [0.25, 0.3) is 5.91 Å². The summed E-state index contributed by atoms with van der Waals surface area (Å²) >= 11 is 0. The lowest BCUT2D eigenvalue weighted by atomic mass is 10.1. The molecule has 0 saturated carbocycles. The van der Waals surface area contributed by atoms with Crippen molar-refractivity contribution in [2.45, 2.75) is 12.8 Å². The second-order valence-electron chi connectivity index (χ2n) is 5.37. The fraction of sp³-hybridized carbons (Fsp3) is 0.105. The monoisotopic (exact) mass is 361 g/mol. The van der Waals surface area contributed by atoms with Crippen LogP contribution in [0.15, 0.2) is 71.1 Å². The van der Waals surface area contributed by atoms with Crippen molar-refractivity contribution in [1.82, 2.24) is 0 Å². The second-order valence-corrected chi connectivity index (χ2v) is 5.37. The maximum Gasteiger partial charge on any atom is 0.418 e. The van der Waals surface area contributed by atoms with Gasteiger partial charge in [0.15, 0.2) is 5.76 Å². The Bertz CT molecular complexity index is 888. The molecule has 7 heteroatoms. The molecule has 1 heterocycles. The van der Waals surface area contributed by atoms with Gasteiger partial charge < -0.3 is 14.5 Å². The first-order valence-corrected chi connectivity index (χ1v) is 7.67. The number of halogens is 3. The van der Waals surface area contributed by atoms with Gasteiger partial charge in [0.2, 0.25) is 0 Å². The number of furan rings is 1. The largest absolute Gasteiger partial charge is 0.486 e. The molecule has 0 radical (unpaired) electrons. The molecule has 0 aliphatic heterocycles. The normalized spacial score (nSPS) is 11.2. The number of carbonyl (C=O) groups excluding carboxylic acids is 1. The van der Waals surface area contributed by atoms with Crippen LogP contribution in [0.1, 0.15) is 21.9 Å². The summed E-state index contributed by atoms with van der Waals surface area (Å²) in [5.41, 5.74) is -1.25. The maximum atomic E-state index is 13.0. The van der Waals surface area contributed by atoms with Gasteiger partial charge in [-0.15, -0.1) is 0 Å². The summed E-state index contributed by atoms with van der Waals surface area (Å²) in [4.78, 5) is 12.2. The average molecular weight is 361 g/mol. The van der Waals surface area contributed by atoms with Crippen LogP contribution in [0, 0.1) is 0 Å². The Labute approximate surface area is 147 Å². The number of hydrogen-bond donors (Lipinski definition) is 1. The van der Waals surface area contributed by atoms with Crippen LogP contribution in [0.25, 0.3) is 0 Å². The summed E-state index contributed by atoms with van der Waals surface area (Å²) in [6.07, 6.45) is -4.57. The fourth-order valence-electron chi connectivity index (χ4n) is 2.27. The van der Waals surface area contributed by atoms with Crippen LogP contribution in [0.4, 0.5) is 18.9 Å². The van der Waals surface area contributed by atoms with Gasteiger partial charge in [-0.1, -0.05) is 30.3 Å². The van der Waals surface area contributed by atoms with Crippen LogP contribution in [0.2, 0.25) is 0 Å². The summed E-state index contributed by atoms with van der Waals surface area (Å²) in [6.45, 7) is 0.0937. The number of ether oxygens (including phenoxy) is 1. The molecule has 1 aromatic heterocycles. The number of alkyl halides is 3. The van der Waals surface area contributed by atoms with Crippen molar-refractivity contribution in [3.05, 3.63) is 83.8 Å². The van der Waals surface area contributed by atoms with Crippen molar-refractivity contribution in [2.24, 2.45) is 0 Å². The van der Waals surface area contributed by atoms with Crippen LogP contribution < -0.4 is 10.1 Å². The Balaban J connectivity index is 1.67. The number of amides is 1. The molecular formula is C19H14F3NO3. The van der Waals surface area contributed by atoms with E-state index in [4.69, 9.17) is 9.15 Å². The molecule has 26 heavy (non-hydrogen) atoms. The predicted molar refractivity (Wildman–Crippen MR) is 88.9 cm³/mol. The summed E-state index contributed by atoms with van der Waals surface area (Å²) in [6, 6.07) is 16.7. The first-order chi connectivity index (χ1) is 12.4. The van der Waals surface area contributed by atoms with E-state index in [-0.39, 0.29) is 18.1 Å². The Kier molecular flexibility index (Phi) is 4.97. The highest BCUT2D eigenvalue weighted by Gasteiger charge is 2.33. The van der Waals surface area contributed by atoms with Crippen LogP contribution in [0.5, 0.6) is 5.75 Å². The molecular weight excluding hydrogens is 347 g/mol. The Morgan fingerprint density at radius 3 is 2.38 bits per heavy atom. The highest BCUT2D eigenvalue weighted by molar-refractivity contribution is 6.02.